The fraction of sp³-hybridized carbons (Fsp3) is 0.800. The average Bonchev–Trinajstić information content (AvgIpc) is 3.36. The number of hydrogen-bond acceptors (Lipinski definition) is 4. The maximum Gasteiger partial charge on any atom is 0.217 e. The second-order valence-electron chi connectivity index (χ2n) is 6.88. The Morgan fingerprint density at radius 3 is 2.64 bits per heavy atom. The van der Waals surface area contributed by atoms with Gasteiger partial charge in [0.2, 0.25) is 10.0 Å². The van der Waals surface area contributed by atoms with Crippen LogP contribution in [0.3, 0.4) is 0 Å². The highest BCUT2D eigenvalue weighted by Gasteiger charge is 2.42. The number of aromatic nitrogens is 2. The number of ether oxygens (including phenoxy) is 1. The fourth-order valence-corrected chi connectivity index (χ4v) is 4.93. The maximum absolute atomic E-state index is 12.6. The molecule has 0 aromatic carbocycles. The summed E-state index contributed by atoms with van der Waals surface area (Å²) in [6.07, 6.45) is 7.85. The Bertz CT molecular complexity index is 634. The summed E-state index contributed by atoms with van der Waals surface area (Å²) in [5, 5.41) is -0.165. The summed E-state index contributed by atoms with van der Waals surface area (Å²) in [7, 11) is -3.17. The van der Waals surface area contributed by atoms with E-state index in [1.165, 1.54) is 12.8 Å². The molecule has 0 amide bonds. The number of hydrogen-bond donors (Lipinski definition) is 0. The third kappa shape index (κ3) is 3.07. The van der Waals surface area contributed by atoms with Crippen LogP contribution in [0.2, 0.25) is 0 Å². The molecule has 0 radical (unpaired) electrons. The smallest absolute Gasteiger partial charge is 0.217 e. The van der Waals surface area contributed by atoms with Gasteiger partial charge in [-0.3, -0.25) is 0 Å². The lowest BCUT2D eigenvalue weighted by Gasteiger charge is -2.23. The number of rotatable bonds is 6. The van der Waals surface area contributed by atoms with Crippen molar-refractivity contribution in [2.45, 2.75) is 44.0 Å². The zero-order valence-electron chi connectivity index (χ0n) is 12.7. The van der Waals surface area contributed by atoms with E-state index in [0.717, 1.165) is 37.7 Å². The van der Waals surface area contributed by atoms with Crippen LogP contribution in [-0.4, -0.2) is 47.3 Å². The number of nitrogens with zero attached hydrogens (tertiary/aromatic N) is 3. The van der Waals surface area contributed by atoms with Crippen LogP contribution in [0, 0.1) is 11.8 Å². The molecule has 22 heavy (non-hydrogen) atoms. The molecule has 1 aromatic rings. The molecular weight excluding hydrogens is 302 g/mol. The van der Waals surface area contributed by atoms with Gasteiger partial charge in [-0.2, -0.15) is 4.31 Å². The minimum atomic E-state index is -3.17. The Morgan fingerprint density at radius 1 is 1.14 bits per heavy atom. The first-order valence-electron chi connectivity index (χ1n) is 8.19. The number of imidazole rings is 1. The Morgan fingerprint density at radius 2 is 1.91 bits per heavy atom. The van der Waals surface area contributed by atoms with Gasteiger partial charge in [-0.05, 0) is 31.6 Å². The van der Waals surface area contributed by atoms with Crippen molar-refractivity contribution in [1.82, 2.24) is 13.9 Å². The van der Waals surface area contributed by atoms with E-state index in [2.05, 4.69) is 9.55 Å². The Kier molecular flexibility index (Phi) is 3.74. The van der Waals surface area contributed by atoms with Crippen molar-refractivity contribution in [3.8, 4) is 0 Å². The minimum absolute atomic E-state index is 0.165. The summed E-state index contributed by atoms with van der Waals surface area (Å²) in [4.78, 5) is 4.33. The third-order valence-corrected chi connectivity index (χ3v) is 7.06. The Hall–Kier alpha value is -0.920. The minimum Gasteiger partial charge on any atom is -0.381 e. The molecule has 1 aliphatic heterocycles. The topological polar surface area (TPSA) is 64.4 Å². The van der Waals surface area contributed by atoms with Gasteiger partial charge in [-0.1, -0.05) is 0 Å². The van der Waals surface area contributed by atoms with E-state index >= 15 is 0 Å². The second kappa shape index (κ2) is 5.62. The van der Waals surface area contributed by atoms with Crippen LogP contribution in [0.4, 0.5) is 0 Å². The van der Waals surface area contributed by atoms with Crippen molar-refractivity contribution in [3.05, 3.63) is 18.2 Å². The van der Waals surface area contributed by atoms with Gasteiger partial charge in [0.05, 0.1) is 18.4 Å². The average molecular weight is 325 g/mol. The molecule has 4 rings (SSSR count). The Balaban J connectivity index is 1.49. The van der Waals surface area contributed by atoms with E-state index in [1.807, 2.05) is 6.20 Å². The molecule has 0 spiro atoms. The predicted molar refractivity (Wildman–Crippen MR) is 81.6 cm³/mol. The zero-order chi connectivity index (χ0) is 15.2. The van der Waals surface area contributed by atoms with Crippen LogP contribution in [0.5, 0.6) is 0 Å². The third-order valence-electron chi connectivity index (χ3n) is 4.75. The zero-order valence-corrected chi connectivity index (χ0v) is 13.5. The van der Waals surface area contributed by atoms with Gasteiger partial charge in [-0.15, -0.1) is 0 Å². The molecule has 2 saturated carbocycles. The molecule has 2 heterocycles. The largest absolute Gasteiger partial charge is 0.381 e. The molecule has 6 nitrogen and oxygen atoms in total. The van der Waals surface area contributed by atoms with Crippen molar-refractivity contribution in [2.75, 3.05) is 19.8 Å². The lowest BCUT2D eigenvalue weighted by molar-refractivity contribution is 0.0808. The molecule has 1 atom stereocenters. The normalized spacial score (nSPS) is 26.6. The highest BCUT2D eigenvalue weighted by molar-refractivity contribution is 7.90. The van der Waals surface area contributed by atoms with Crippen LogP contribution in [0.1, 0.15) is 31.5 Å². The first-order chi connectivity index (χ1) is 10.6. The monoisotopic (exact) mass is 325 g/mol. The van der Waals surface area contributed by atoms with E-state index in [4.69, 9.17) is 4.74 Å². The van der Waals surface area contributed by atoms with Crippen LogP contribution in [-0.2, 0) is 27.8 Å². The van der Waals surface area contributed by atoms with Crippen molar-refractivity contribution in [2.24, 2.45) is 11.8 Å². The van der Waals surface area contributed by atoms with Gasteiger partial charge in [0.15, 0.2) is 0 Å². The molecule has 1 aromatic heterocycles. The molecule has 3 aliphatic rings. The van der Waals surface area contributed by atoms with Gasteiger partial charge in [0.25, 0.3) is 0 Å². The molecular formula is C15H23N3O3S. The molecule has 0 saturated heterocycles. The summed E-state index contributed by atoms with van der Waals surface area (Å²) in [6.45, 7) is 3.18. The van der Waals surface area contributed by atoms with Crippen molar-refractivity contribution < 1.29 is 13.2 Å². The second-order valence-corrected chi connectivity index (χ2v) is 9.09. The lowest BCUT2D eigenvalue weighted by Crippen LogP contribution is -2.37. The van der Waals surface area contributed by atoms with Crippen LogP contribution < -0.4 is 0 Å². The highest BCUT2D eigenvalue weighted by Crippen LogP contribution is 2.33. The summed E-state index contributed by atoms with van der Waals surface area (Å²) in [5.41, 5.74) is 0. The first kappa shape index (κ1) is 14.7. The first-order valence-corrected chi connectivity index (χ1v) is 9.70. The molecule has 122 valence electrons. The van der Waals surface area contributed by atoms with Gasteiger partial charge < -0.3 is 9.30 Å². The molecule has 2 aliphatic carbocycles. The number of fused-ring (bicyclic) bond motifs is 1. The van der Waals surface area contributed by atoms with Crippen LogP contribution in [0.15, 0.2) is 12.4 Å². The molecule has 0 N–H and O–H groups in total. The number of sulfonamides is 1. The molecule has 7 heteroatoms. The van der Waals surface area contributed by atoms with Crippen molar-refractivity contribution >= 4 is 10.0 Å². The van der Waals surface area contributed by atoms with Crippen molar-refractivity contribution in [1.29, 1.82) is 0 Å². The van der Waals surface area contributed by atoms with E-state index in [0.29, 0.717) is 19.7 Å². The van der Waals surface area contributed by atoms with E-state index in [9.17, 15) is 8.42 Å². The quantitative estimate of drug-likeness (QED) is 0.789. The van der Waals surface area contributed by atoms with Crippen LogP contribution in [0.25, 0.3) is 0 Å². The summed E-state index contributed by atoms with van der Waals surface area (Å²) in [6, 6.07) is 0. The van der Waals surface area contributed by atoms with E-state index < -0.39 is 10.0 Å². The maximum atomic E-state index is 12.6. The SMILES string of the molecule is O=S(=O)(C1CC1)N1Cc2nccn2C[C@H](COCC2CC2)C1. The predicted octanol–water partition coefficient (Wildman–Crippen LogP) is 1.23. The van der Waals surface area contributed by atoms with Gasteiger partial charge in [-0.25, -0.2) is 13.4 Å². The van der Waals surface area contributed by atoms with Crippen LogP contribution >= 0.6 is 0 Å². The summed E-state index contributed by atoms with van der Waals surface area (Å²) < 4.78 is 34.8. The fourth-order valence-electron chi connectivity index (χ4n) is 3.07. The molecule has 2 fully saturated rings. The highest BCUT2D eigenvalue weighted by atomic mass is 32.2. The summed E-state index contributed by atoms with van der Waals surface area (Å²) >= 11 is 0. The summed E-state index contributed by atoms with van der Waals surface area (Å²) in [5.74, 6) is 1.78. The molecule has 0 bridgehead atoms. The standard InChI is InChI=1S/C15H23N3O3S/c19-22(20,14-3-4-14)18-8-13(11-21-10-12-1-2-12)7-17-6-5-16-15(17)9-18/h5-6,12-14H,1-4,7-11H2/t13-/m0/s1. The lowest BCUT2D eigenvalue weighted by atomic mass is 10.1. The Labute approximate surface area is 131 Å². The van der Waals surface area contributed by atoms with E-state index in [-0.39, 0.29) is 11.2 Å². The van der Waals surface area contributed by atoms with Gasteiger partial charge >= 0.3 is 0 Å². The molecule has 0 unspecified atom stereocenters. The van der Waals surface area contributed by atoms with Gasteiger partial charge in [0, 0.05) is 38.0 Å². The van der Waals surface area contributed by atoms with Crippen molar-refractivity contribution in [3.63, 3.8) is 0 Å². The van der Waals surface area contributed by atoms with Gasteiger partial charge in [0.1, 0.15) is 5.82 Å². The van der Waals surface area contributed by atoms with E-state index in [1.54, 1.807) is 10.5 Å².